The van der Waals surface area contributed by atoms with Gasteiger partial charge in [-0.15, -0.1) is 11.3 Å². The molecular formula is C18H25N4O2S+. The van der Waals surface area contributed by atoms with E-state index < -0.39 is 0 Å². The molecule has 2 amide bonds. The molecule has 1 aromatic carbocycles. The van der Waals surface area contributed by atoms with Crippen molar-refractivity contribution in [1.82, 2.24) is 10.3 Å². The van der Waals surface area contributed by atoms with Crippen molar-refractivity contribution in [2.75, 3.05) is 25.0 Å². The molecule has 0 aliphatic heterocycles. The number of benzene rings is 1. The molecule has 1 unspecified atom stereocenters. The minimum atomic E-state index is -0.0771. The van der Waals surface area contributed by atoms with Gasteiger partial charge in [-0.1, -0.05) is 25.1 Å². The molecule has 7 heteroatoms. The number of quaternary nitrogens is 1. The van der Waals surface area contributed by atoms with Crippen molar-refractivity contribution >= 4 is 34.0 Å². The Balaban J connectivity index is 2.03. The predicted octanol–water partition coefficient (Wildman–Crippen LogP) is 1.37. The largest absolute Gasteiger partial charge is 0.351 e. The topological polar surface area (TPSA) is 66.7 Å². The number of thiazole rings is 1. The van der Waals surface area contributed by atoms with Crippen LogP contribution in [0, 0.1) is 0 Å². The van der Waals surface area contributed by atoms with E-state index in [-0.39, 0.29) is 11.8 Å². The summed E-state index contributed by atoms with van der Waals surface area (Å²) in [6.07, 6.45) is 0.931. The van der Waals surface area contributed by atoms with Gasteiger partial charge in [0.05, 0.1) is 12.7 Å². The second-order valence-corrected chi connectivity index (χ2v) is 6.81. The molecule has 1 heterocycles. The fourth-order valence-electron chi connectivity index (χ4n) is 2.46. The van der Waals surface area contributed by atoms with Crippen molar-refractivity contribution in [2.24, 2.45) is 0 Å². The molecule has 0 aliphatic rings. The first kappa shape index (κ1) is 19.1. The molecule has 0 fully saturated rings. The summed E-state index contributed by atoms with van der Waals surface area (Å²) in [5.41, 5.74) is 1.68. The average molecular weight is 361 g/mol. The summed E-state index contributed by atoms with van der Waals surface area (Å²) in [5, 5.41) is 5.47. The van der Waals surface area contributed by atoms with Crippen LogP contribution in [0.15, 0.2) is 35.7 Å². The van der Waals surface area contributed by atoms with Gasteiger partial charge in [0.1, 0.15) is 12.2 Å². The number of likely N-dealkylation sites (N-methyl/N-ethyl adjacent to an activating group) is 1. The number of anilines is 2. The van der Waals surface area contributed by atoms with E-state index in [2.05, 4.69) is 10.3 Å². The van der Waals surface area contributed by atoms with Crippen molar-refractivity contribution in [3.63, 3.8) is 0 Å². The van der Waals surface area contributed by atoms with Crippen LogP contribution in [0.4, 0.5) is 10.8 Å². The zero-order valence-electron chi connectivity index (χ0n) is 14.9. The highest BCUT2D eigenvalue weighted by molar-refractivity contribution is 7.14. The van der Waals surface area contributed by atoms with Crippen molar-refractivity contribution in [3.8, 4) is 0 Å². The molecule has 1 aromatic heterocycles. The number of nitrogens with one attached hydrogen (secondary N) is 2. The number of rotatable bonds is 8. The number of nitrogens with zero attached hydrogens (tertiary/aromatic N) is 2. The Labute approximate surface area is 152 Å². The third-order valence-corrected chi connectivity index (χ3v) is 4.45. The minimum absolute atomic E-state index is 0.0458. The first-order chi connectivity index (χ1) is 12.0. The lowest BCUT2D eigenvalue weighted by atomic mass is 10.3. The highest BCUT2D eigenvalue weighted by Crippen LogP contribution is 2.28. The standard InChI is InChI=1S/C18H24N4O2S/c1-4-10-19-17(24)12-21(3)11-15-13-25-18(20-15)22(14(2)23)16-8-6-5-7-9-16/h5-9,13H,4,10-12H2,1-3H3,(H,19,24)/p+1. The highest BCUT2D eigenvalue weighted by atomic mass is 32.1. The van der Waals surface area contributed by atoms with Gasteiger partial charge in [-0.05, 0) is 18.6 Å². The molecule has 2 rings (SSSR count). The van der Waals surface area contributed by atoms with Gasteiger partial charge in [-0.3, -0.25) is 14.5 Å². The lowest BCUT2D eigenvalue weighted by Gasteiger charge is -2.17. The highest BCUT2D eigenvalue weighted by Gasteiger charge is 2.19. The number of aromatic nitrogens is 1. The van der Waals surface area contributed by atoms with Crippen LogP contribution in [0.1, 0.15) is 26.0 Å². The van der Waals surface area contributed by atoms with Gasteiger partial charge in [-0.2, -0.15) is 0 Å². The van der Waals surface area contributed by atoms with E-state index in [4.69, 9.17) is 0 Å². The van der Waals surface area contributed by atoms with Gasteiger partial charge >= 0.3 is 0 Å². The van der Waals surface area contributed by atoms with E-state index in [9.17, 15) is 9.59 Å². The van der Waals surface area contributed by atoms with Crippen LogP contribution in [0.25, 0.3) is 0 Å². The first-order valence-corrected chi connectivity index (χ1v) is 9.27. The number of hydrogen-bond donors (Lipinski definition) is 2. The smallest absolute Gasteiger partial charge is 0.275 e. The zero-order valence-corrected chi connectivity index (χ0v) is 15.7. The Hall–Kier alpha value is -2.25. The second kappa shape index (κ2) is 9.29. The summed E-state index contributed by atoms with van der Waals surface area (Å²) < 4.78 is 0. The fourth-order valence-corrected chi connectivity index (χ4v) is 3.34. The summed E-state index contributed by atoms with van der Waals surface area (Å²) in [5.74, 6) is -0.0313. The van der Waals surface area contributed by atoms with Gasteiger partial charge in [0.25, 0.3) is 5.91 Å². The van der Waals surface area contributed by atoms with E-state index in [1.54, 1.807) is 4.90 Å². The Kier molecular flexibility index (Phi) is 7.09. The monoisotopic (exact) mass is 361 g/mol. The molecule has 0 spiro atoms. The fraction of sp³-hybridized carbons (Fsp3) is 0.389. The Bertz CT molecular complexity index is 702. The second-order valence-electron chi connectivity index (χ2n) is 5.97. The normalized spacial score (nSPS) is 11.8. The van der Waals surface area contributed by atoms with Crippen LogP contribution in [0.5, 0.6) is 0 Å². The van der Waals surface area contributed by atoms with E-state index in [1.807, 2.05) is 49.7 Å². The maximum Gasteiger partial charge on any atom is 0.275 e. The molecule has 2 aromatic rings. The Morgan fingerprint density at radius 1 is 1.28 bits per heavy atom. The number of carbonyl (C=O) groups is 2. The number of carbonyl (C=O) groups excluding carboxylic acids is 2. The van der Waals surface area contributed by atoms with Crippen LogP contribution in [0.2, 0.25) is 0 Å². The molecule has 0 saturated carbocycles. The first-order valence-electron chi connectivity index (χ1n) is 8.39. The molecular weight excluding hydrogens is 336 g/mol. The van der Waals surface area contributed by atoms with Gasteiger partial charge < -0.3 is 10.2 Å². The molecule has 134 valence electrons. The number of amides is 2. The van der Waals surface area contributed by atoms with Crippen LogP contribution in [-0.4, -0.2) is 36.9 Å². The Morgan fingerprint density at radius 2 is 2.00 bits per heavy atom. The van der Waals surface area contributed by atoms with Crippen LogP contribution >= 0.6 is 11.3 Å². The van der Waals surface area contributed by atoms with Crippen molar-refractivity contribution in [2.45, 2.75) is 26.8 Å². The minimum Gasteiger partial charge on any atom is -0.351 e. The molecule has 6 nitrogen and oxygen atoms in total. The lowest BCUT2D eigenvalue weighted by Crippen LogP contribution is -3.09. The molecule has 1 atom stereocenters. The lowest BCUT2D eigenvalue weighted by molar-refractivity contribution is -0.885. The molecule has 25 heavy (non-hydrogen) atoms. The summed E-state index contributed by atoms with van der Waals surface area (Å²) in [4.78, 5) is 31.1. The molecule has 2 N–H and O–H groups in total. The van der Waals surface area contributed by atoms with E-state index in [0.29, 0.717) is 24.8 Å². The molecule has 0 aliphatic carbocycles. The van der Waals surface area contributed by atoms with Crippen LogP contribution in [-0.2, 0) is 16.1 Å². The van der Waals surface area contributed by atoms with Gasteiger partial charge in [0.15, 0.2) is 11.7 Å². The van der Waals surface area contributed by atoms with Crippen molar-refractivity contribution in [1.29, 1.82) is 0 Å². The molecule has 0 radical (unpaired) electrons. The third-order valence-electron chi connectivity index (χ3n) is 3.58. The maximum atomic E-state index is 12.1. The number of para-hydroxylation sites is 1. The molecule has 0 bridgehead atoms. The van der Waals surface area contributed by atoms with Crippen molar-refractivity contribution < 1.29 is 14.5 Å². The third kappa shape index (κ3) is 5.65. The predicted molar refractivity (Wildman–Crippen MR) is 100 cm³/mol. The van der Waals surface area contributed by atoms with Gasteiger partial charge in [0, 0.05) is 18.8 Å². The van der Waals surface area contributed by atoms with E-state index >= 15 is 0 Å². The SMILES string of the molecule is CCCNC(=O)C[NH+](C)Cc1csc(N(C(C)=O)c2ccccc2)n1. The zero-order chi connectivity index (χ0) is 18.2. The van der Waals surface area contributed by atoms with Crippen molar-refractivity contribution in [3.05, 3.63) is 41.4 Å². The molecule has 0 saturated heterocycles. The van der Waals surface area contributed by atoms with Crippen LogP contribution < -0.4 is 15.1 Å². The van der Waals surface area contributed by atoms with E-state index in [1.165, 1.54) is 18.3 Å². The summed E-state index contributed by atoms with van der Waals surface area (Å²) in [6, 6.07) is 9.48. The maximum absolute atomic E-state index is 12.1. The van der Waals surface area contributed by atoms with E-state index in [0.717, 1.165) is 22.7 Å². The summed E-state index contributed by atoms with van der Waals surface area (Å²) >= 11 is 1.44. The van der Waals surface area contributed by atoms with Gasteiger partial charge in [-0.25, -0.2) is 4.98 Å². The van der Waals surface area contributed by atoms with Gasteiger partial charge in [0.2, 0.25) is 5.91 Å². The summed E-state index contributed by atoms with van der Waals surface area (Å²) in [6.45, 7) is 5.31. The summed E-state index contributed by atoms with van der Waals surface area (Å²) in [7, 11) is 1.96. The number of hydrogen-bond acceptors (Lipinski definition) is 4. The Morgan fingerprint density at radius 3 is 2.64 bits per heavy atom. The van der Waals surface area contributed by atoms with Crippen LogP contribution in [0.3, 0.4) is 0 Å². The average Bonchev–Trinajstić information content (AvgIpc) is 3.01. The quantitative estimate of drug-likeness (QED) is 0.746.